The lowest BCUT2D eigenvalue weighted by molar-refractivity contribution is 0.161. The third-order valence-electron chi connectivity index (χ3n) is 3.65. The van der Waals surface area contributed by atoms with Gasteiger partial charge in [0.1, 0.15) is 0 Å². The van der Waals surface area contributed by atoms with E-state index in [4.69, 9.17) is 5.11 Å². The summed E-state index contributed by atoms with van der Waals surface area (Å²) < 4.78 is 0. The number of aliphatic hydroxyl groups is 1. The first-order valence-corrected chi connectivity index (χ1v) is 6.68. The second-order valence-corrected chi connectivity index (χ2v) is 4.88. The topological polar surface area (TPSA) is 47.0 Å². The molecule has 17 heavy (non-hydrogen) atoms. The second-order valence-electron chi connectivity index (χ2n) is 4.88. The molecule has 0 aromatic rings. The Morgan fingerprint density at radius 2 is 1.53 bits per heavy atom. The van der Waals surface area contributed by atoms with Crippen LogP contribution in [0.5, 0.6) is 0 Å². The number of urea groups is 1. The minimum atomic E-state index is 0.208. The number of carbonyl (C=O) groups excluding carboxylic acids is 1. The lowest BCUT2D eigenvalue weighted by Crippen LogP contribution is -2.43. The molecule has 2 rings (SSSR count). The fourth-order valence-corrected chi connectivity index (χ4v) is 2.64. The molecule has 0 aromatic carbocycles. The standard InChI is InChI=1S/C12H23N3O2/c16-11-10-13-4-3-7-15(9-8-13)12(17)14-5-1-2-6-14/h16H,1-11H2. The van der Waals surface area contributed by atoms with Crippen LogP contribution in [0.15, 0.2) is 0 Å². The highest BCUT2D eigenvalue weighted by atomic mass is 16.3. The minimum Gasteiger partial charge on any atom is -0.395 e. The normalized spacial score (nSPS) is 22.9. The number of nitrogens with zero attached hydrogens (tertiary/aromatic N) is 3. The van der Waals surface area contributed by atoms with E-state index >= 15 is 0 Å². The molecule has 0 aliphatic carbocycles. The van der Waals surface area contributed by atoms with Crippen LogP contribution in [0.3, 0.4) is 0 Å². The van der Waals surface area contributed by atoms with E-state index in [-0.39, 0.29) is 12.6 Å². The van der Waals surface area contributed by atoms with Gasteiger partial charge >= 0.3 is 6.03 Å². The van der Waals surface area contributed by atoms with Gasteiger partial charge in [0, 0.05) is 39.3 Å². The molecule has 5 nitrogen and oxygen atoms in total. The predicted molar refractivity (Wildman–Crippen MR) is 65.9 cm³/mol. The Kier molecular flexibility index (Phi) is 4.62. The highest BCUT2D eigenvalue weighted by Crippen LogP contribution is 2.12. The summed E-state index contributed by atoms with van der Waals surface area (Å²) in [5.74, 6) is 0. The van der Waals surface area contributed by atoms with Crippen LogP contribution in [0.25, 0.3) is 0 Å². The van der Waals surface area contributed by atoms with Crippen molar-refractivity contribution in [2.75, 3.05) is 52.4 Å². The van der Waals surface area contributed by atoms with Crippen LogP contribution in [-0.2, 0) is 0 Å². The molecule has 0 aromatic heterocycles. The van der Waals surface area contributed by atoms with Crippen molar-refractivity contribution in [3.05, 3.63) is 0 Å². The van der Waals surface area contributed by atoms with Gasteiger partial charge in [-0.2, -0.15) is 0 Å². The van der Waals surface area contributed by atoms with Gasteiger partial charge in [-0.1, -0.05) is 0 Å². The van der Waals surface area contributed by atoms with E-state index in [9.17, 15) is 4.79 Å². The number of hydrogen-bond donors (Lipinski definition) is 1. The molecule has 2 aliphatic rings. The zero-order valence-electron chi connectivity index (χ0n) is 10.5. The Balaban J connectivity index is 1.83. The van der Waals surface area contributed by atoms with Gasteiger partial charge in [-0.3, -0.25) is 4.90 Å². The Hall–Kier alpha value is -0.810. The first-order valence-electron chi connectivity index (χ1n) is 6.68. The van der Waals surface area contributed by atoms with E-state index in [1.54, 1.807) is 0 Å². The number of aliphatic hydroxyl groups excluding tert-OH is 1. The number of amides is 2. The maximum absolute atomic E-state index is 12.2. The van der Waals surface area contributed by atoms with Crippen LogP contribution in [0.1, 0.15) is 19.3 Å². The fourth-order valence-electron chi connectivity index (χ4n) is 2.64. The summed E-state index contributed by atoms with van der Waals surface area (Å²) in [6.45, 7) is 6.33. The fraction of sp³-hybridized carbons (Fsp3) is 0.917. The first-order chi connectivity index (χ1) is 8.31. The Bertz CT molecular complexity index is 254. The third-order valence-corrected chi connectivity index (χ3v) is 3.65. The summed E-state index contributed by atoms with van der Waals surface area (Å²) in [5, 5.41) is 8.93. The first kappa shape index (κ1) is 12.6. The van der Waals surface area contributed by atoms with Crippen molar-refractivity contribution >= 4 is 6.03 Å². The van der Waals surface area contributed by atoms with Gasteiger partial charge in [0.15, 0.2) is 0 Å². The van der Waals surface area contributed by atoms with Crippen molar-refractivity contribution < 1.29 is 9.90 Å². The van der Waals surface area contributed by atoms with E-state index in [1.165, 1.54) is 0 Å². The molecule has 2 amide bonds. The molecule has 2 aliphatic heterocycles. The van der Waals surface area contributed by atoms with Crippen molar-refractivity contribution in [1.82, 2.24) is 14.7 Å². The van der Waals surface area contributed by atoms with Crippen molar-refractivity contribution in [1.29, 1.82) is 0 Å². The second kappa shape index (κ2) is 6.21. The summed E-state index contributed by atoms with van der Waals surface area (Å²) >= 11 is 0. The molecule has 5 heteroatoms. The van der Waals surface area contributed by atoms with Crippen molar-refractivity contribution in [3.63, 3.8) is 0 Å². The predicted octanol–water partition coefficient (Wildman–Crippen LogP) is 0.202. The number of carbonyl (C=O) groups is 1. The molecule has 0 radical (unpaired) electrons. The number of β-amino-alcohol motifs (C(OH)–C–C–N with tert-alkyl or cyclic N) is 1. The number of rotatable bonds is 2. The van der Waals surface area contributed by atoms with Crippen LogP contribution >= 0.6 is 0 Å². The molecular weight excluding hydrogens is 218 g/mol. The molecule has 2 fully saturated rings. The summed E-state index contributed by atoms with van der Waals surface area (Å²) in [6.07, 6.45) is 3.31. The van der Waals surface area contributed by atoms with Gasteiger partial charge in [-0.25, -0.2) is 4.79 Å². The number of likely N-dealkylation sites (tertiary alicyclic amines) is 1. The largest absolute Gasteiger partial charge is 0.395 e. The van der Waals surface area contributed by atoms with Crippen molar-refractivity contribution in [2.24, 2.45) is 0 Å². The molecule has 0 unspecified atom stereocenters. The summed E-state index contributed by atoms with van der Waals surface area (Å²) in [5.41, 5.74) is 0. The molecule has 0 bridgehead atoms. The Morgan fingerprint density at radius 1 is 0.882 bits per heavy atom. The Labute approximate surface area is 103 Å². The van der Waals surface area contributed by atoms with E-state index in [2.05, 4.69) is 4.90 Å². The summed E-state index contributed by atoms with van der Waals surface area (Å²) in [7, 11) is 0. The molecule has 0 saturated carbocycles. The summed E-state index contributed by atoms with van der Waals surface area (Å²) in [6, 6.07) is 0.216. The molecule has 1 N–H and O–H groups in total. The van der Waals surface area contributed by atoms with Gasteiger partial charge in [0.2, 0.25) is 0 Å². The number of hydrogen-bond acceptors (Lipinski definition) is 3. The monoisotopic (exact) mass is 241 g/mol. The maximum atomic E-state index is 12.2. The Morgan fingerprint density at radius 3 is 2.24 bits per heavy atom. The van der Waals surface area contributed by atoms with Gasteiger partial charge in [-0.05, 0) is 25.8 Å². The zero-order valence-corrected chi connectivity index (χ0v) is 10.5. The van der Waals surface area contributed by atoms with Crippen LogP contribution in [-0.4, -0.2) is 78.3 Å². The SMILES string of the molecule is O=C(N1CCCC1)N1CCCN(CCO)CC1. The average molecular weight is 241 g/mol. The minimum absolute atomic E-state index is 0.208. The van der Waals surface area contributed by atoms with Crippen molar-refractivity contribution in [2.45, 2.75) is 19.3 Å². The van der Waals surface area contributed by atoms with Gasteiger partial charge in [-0.15, -0.1) is 0 Å². The lowest BCUT2D eigenvalue weighted by Gasteiger charge is -2.26. The molecule has 2 saturated heterocycles. The zero-order chi connectivity index (χ0) is 12.1. The highest BCUT2D eigenvalue weighted by Gasteiger charge is 2.25. The van der Waals surface area contributed by atoms with Crippen LogP contribution in [0, 0.1) is 0 Å². The van der Waals surface area contributed by atoms with Crippen LogP contribution < -0.4 is 0 Å². The van der Waals surface area contributed by atoms with Crippen LogP contribution in [0.2, 0.25) is 0 Å². The molecule has 2 heterocycles. The van der Waals surface area contributed by atoms with Gasteiger partial charge < -0.3 is 14.9 Å². The highest BCUT2D eigenvalue weighted by molar-refractivity contribution is 5.74. The molecular formula is C12H23N3O2. The van der Waals surface area contributed by atoms with E-state index < -0.39 is 0 Å². The van der Waals surface area contributed by atoms with Gasteiger partial charge in [0.05, 0.1) is 6.61 Å². The van der Waals surface area contributed by atoms with E-state index in [0.29, 0.717) is 0 Å². The summed E-state index contributed by atoms with van der Waals surface area (Å²) in [4.78, 5) is 18.4. The smallest absolute Gasteiger partial charge is 0.320 e. The molecule has 0 spiro atoms. The van der Waals surface area contributed by atoms with E-state index in [0.717, 1.165) is 65.1 Å². The lowest BCUT2D eigenvalue weighted by atomic mass is 10.4. The van der Waals surface area contributed by atoms with Crippen molar-refractivity contribution in [3.8, 4) is 0 Å². The van der Waals surface area contributed by atoms with Crippen LogP contribution in [0.4, 0.5) is 4.79 Å². The third kappa shape index (κ3) is 3.33. The maximum Gasteiger partial charge on any atom is 0.320 e. The molecule has 0 atom stereocenters. The molecule has 98 valence electrons. The van der Waals surface area contributed by atoms with E-state index in [1.807, 2.05) is 9.80 Å². The quantitative estimate of drug-likeness (QED) is 0.751. The average Bonchev–Trinajstić information content (AvgIpc) is 2.76. The van der Waals surface area contributed by atoms with Gasteiger partial charge in [0.25, 0.3) is 0 Å².